The van der Waals surface area contributed by atoms with Gasteiger partial charge in [-0.25, -0.2) is 4.79 Å². The Kier molecular flexibility index (Phi) is 6.01. The van der Waals surface area contributed by atoms with Gasteiger partial charge in [-0.3, -0.25) is 10.1 Å². The fourth-order valence-electron chi connectivity index (χ4n) is 2.23. The SMILES string of the molecule is COc1cc(C(C(=O)O)C(C)C)ccc1NC(=O)OC(C)(C)C. The lowest BCUT2D eigenvalue weighted by Gasteiger charge is -2.21. The van der Waals surface area contributed by atoms with Crippen molar-refractivity contribution in [2.45, 2.75) is 46.1 Å². The molecule has 0 aliphatic rings. The van der Waals surface area contributed by atoms with Crippen LogP contribution in [0.4, 0.5) is 10.5 Å². The highest BCUT2D eigenvalue weighted by Crippen LogP contribution is 2.32. The number of anilines is 1. The van der Waals surface area contributed by atoms with E-state index in [1.165, 1.54) is 7.11 Å². The molecule has 0 aliphatic heterocycles. The first-order chi connectivity index (χ1) is 10.5. The van der Waals surface area contributed by atoms with Crippen molar-refractivity contribution in [1.82, 2.24) is 0 Å². The van der Waals surface area contributed by atoms with E-state index < -0.39 is 23.6 Å². The summed E-state index contributed by atoms with van der Waals surface area (Å²) in [6, 6.07) is 4.93. The molecule has 2 N–H and O–H groups in total. The van der Waals surface area contributed by atoms with Crippen LogP contribution in [0.1, 0.15) is 46.1 Å². The number of ether oxygens (including phenoxy) is 2. The Morgan fingerprint density at radius 3 is 2.26 bits per heavy atom. The highest BCUT2D eigenvalue weighted by molar-refractivity contribution is 5.87. The normalized spacial score (nSPS) is 12.7. The Bertz CT molecular complexity index is 575. The number of amides is 1. The van der Waals surface area contributed by atoms with Crippen LogP contribution < -0.4 is 10.1 Å². The molecule has 0 aliphatic carbocycles. The first-order valence-electron chi connectivity index (χ1n) is 7.46. The maximum absolute atomic E-state index is 11.8. The summed E-state index contributed by atoms with van der Waals surface area (Å²) in [5.41, 5.74) is 0.445. The quantitative estimate of drug-likeness (QED) is 0.859. The molecule has 0 fully saturated rings. The maximum atomic E-state index is 11.8. The van der Waals surface area contributed by atoms with Crippen LogP contribution in [-0.4, -0.2) is 29.9 Å². The molecule has 1 amide bonds. The van der Waals surface area contributed by atoms with Crippen LogP contribution in [0.5, 0.6) is 5.75 Å². The van der Waals surface area contributed by atoms with Crippen molar-refractivity contribution < 1.29 is 24.2 Å². The summed E-state index contributed by atoms with van der Waals surface area (Å²) >= 11 is 0. The number of carbonyl (C=O) groups is 2. The molecule has 0 aromatic heterocycles. The number of hydrogen-bond donors (Lipinski definition) is 2. The van der Waals surface area contributed by atoms with E-state index in [1.807, 2.05) is 13.8 Å². The summed E-state index contributed by atoms with van der Waals surface area (Å²) < 4.78 is 10.5. The largest absolute Gasteiger partial charge is 0.495 e. The van der Waals surface area contributed by atoms with Crippen molar-refractivity contribution in [3.63, 3.8) is 0 Å². The third kappa shape index (κ3) is 5.47. The van der Waals surface area contributed by atoms with Gasteiger partial charge in [-0.05, 0) is 44.4 Å². The molecule has 1 unspecified atom stereocenters. The molecule has 0 saturated heterocycles. The van der Waals surface area contributed by atoms with Gasteiger partial charge in [0.1, 0.15) is 11.4 Å². The third-order valence-corrected chi connectivity index (χ3v) is 3.15. The van der Waals surface area contributed by atoms with Crippen molar-refractivity contribution in [3.05, 3.63) is 23.8 Å². The van der Waals surface area contributed by atoms with Crippen molar-refractivity contribution in [1.29, 1.82) is 0 Å². The molecule has 0 bridgehead atoms. The zero-order chi connectivity index (χ0) is 17.8. The summed E-state index contributed by atoms with van der Waals surface area (Å²) in [7, 11) is 1.46. The number of benzene rings is 1. The summed E-state index contributed by atoms with van der Waals surface area (Å²) in [5, 5.41) is 12.0. The molecule has 1 aromatic rings. The number of carbonyl (C=O) groups excluding carboxylic acids is 1. The highest BCUT2D eigenvalue weighted by Gasteiger charge is 2.25. The first kappa shape index (κ1) is 18.8. The molecule has 6 heteroatoms. The summed E-state index contributed by atoms with van der Waals surface area (Å²) in [6.07, 6.45) is -0.595. The molecule has 0 spiro atoms. The van der Waals surface area contributed by atoms with Crippen LogP contribution in [0, 0.1) is 5.92 Å². The molecule has 6 nitrogen and oxygen atoms in total. The molecule has 1 atom stereocenters. The number of methoxy groups -OCH3 is 1. The fraction of sp³-hybridized carbons (Fsp3) is 0.529. The van der Waals surface area contributed by atoms with E-state index in [0.29, 0.717) is 17.0 Å². The van der Waals surface area contributed by atoms with Gasteiger partial charge in [-0.2, -0.15) is 0 Å². The summed E-state index contributed by atoms with van der Waals surface area (Å²) in [5.74, 6) is -1.21. The lowest BCUT2D eigenvalue weighted by atomic mass is 9.88. The Balaban J connectivity index is 3.05. The number of nitrogens with one attached hydrogen (secondary N) is 1. The molecule has 1 rings (SSSR count). The van der Waals surface area contributed by atoms with Crippen LogP contribution in [-0.2, 0) is 9.53 Å². The van der Waals surface area contributed by atoms with Crippen LogP contribution >= 0.6 is 0 Å². The highest BCUT2D eigenvalue weighted by atomic mass is 16.6. The minimum atomic E-state index is -0.894. The Hall–Kier alpha value is -2.24. The second-order valence-electron chi connectivity index (χ2n) is 6.65. The molecule has 23 heavy (non-hydrogen) atoms. The monoisotopic (exact) mass is 323 g/mol. The van der Waals surface area contributed by atoms with E-state index in [0.717, 1.165) is 0 Å². The Labute approximate surface area is 136 Å². The van der Waals surface area contributed by atoms with Crippen molar-refractivity contribution >= 4 is 17.7 Å². The van der Waals surface area contributed by atoms with Crippen LogP contribution in [0.15, 0.2) is 18.2 Å². The van der Waals surface area contributed by atoms with Gasteiger partial charge in [0.2, 0.25) is 0 Å². The number of hydrogen-bond acceptors (Lipinski definition) is 4. The van der Waals surface area contributed by atoms with E-state index in [1.54, 1.807) is 39.0 Å². The topological polar surface area (TPSA) is 84.9 Å². The molecule has 0 radical (unpaired) electrons. The summed E-state index contributed by atoms with van der Waals surface area (Å²) in [6.45, 7) is 9.00. The third-order valence-electron chi connectivity index (χ3n) is 3.15. The average Bonchev–Trinajstić information content (AvgIpc) is 2.37. The lowest BCUT2D eigenvalue weighted by Crippen LogP contribution is -2.27. The molecule has 1 aromatic carbocycles. The predicted octanol–water partition coefficient (Wildman–Crippen LogP) is 3.87. The number of carboxylic acid groups (broad SMARTS) is 1. The molecular weight excluding hydrogens is 298 g/mol. The van der Waals surface area contributed by atoms with E-state index >= 15 is 0 Å². The average molecular weight is 323 g/mol. The van der Waals surface area contributed by atoms with Gasteiger partial charge in [0.25, 0.3) is 0 Å². The Morgan fingerprint density at radius 1 is 1.22 bits per heavy atom. The van der Waals surface area contributed by atoms with E-state index in [2.05, 4.69) is 5.32 Å². The van der Waals surface area contributed by atoms with Gasteiger partial charge < -0.3 is 14.6 Å². The smallest absolute Gasteiger partial charge is 0.412 e. The van der Waals surface area contributed by atoms with E-state index in [-0.39, 0.29) is 5.92 Å². The van der Waals surface area contributed by atoms with Gasteiger partial charge in [0.15, 0.2) is 0 Å². The van der Waals surface area contributed by atoms with E-state index in [9.17, 15) is 14.7 Å². The Morgan fingerprint density at radius 2 is 1.83 bits per heavy atom. The fourth-order valence-corrected chi connectivity index (χ4v) is 2.23. The van der Waals surface area contributed by atoms with Gasteiger partial charge in [-0.15, -0.1) is 0 Å². The molecule has 128 valence electrons. The number of aliphatic carboxylic acids is 1. The van der Waals surface area contributed by atoms with Gasteiger partial charge in [0, 0.05) is 0 Å². The minimum Gasteiger partial charge on any atom is -0.495 e. The van der Waals surface area contributed by atoms with Gasteiger partial charge in [0.05, 0.1) is 18.7 Å². The second kappa shape index (κ2) is 7.35. The van der Waals surface area contributed by atoms with E-state index in [4.69, 9.17) is 9.47 Å². The van der Waals surface area contributed by atoms with Crippen LogP contribution in [0.3, 0.4) is 0 Å². The van der Waals surface area contributed by atoms with Crippen LogP contribution in [0.25, 0.3) is 0 Å². The zero-order valence-corrected chi connectivity index (χ0v) is 14.5. The van der Waals surface area contributed by atoms with Crippen molar-refractivity contribution in [3.8, 4) is 5.75 Å². The van der Waals surface area contributed by atoms with Gasteiger partial charge >= 0.3 is 12.1 Å². The maximum Gasteiger partial charge on any atom is 0.412 e. The molecular formula is C17H25NO5. The number of carboxylic acids is 1. The summed E-state index contributed by atoms with van der Waals surface area (Å²) in [4.78, 5) is 23.3. The van der Waals surface area contributed by atoms with Crippen LogP contribution in [0.2, 0.25) is 0 Å². The number of rotatable bonds is 5. The molecule has 0 heterocycles. The minimum absolute atomic E-state index is 0.0677. The standard InChI is InChI=1S/C17H25NO5/c1-10(2)14(15(19)20)11-7-8-12(13(9-11)22-6)18-16(21)23-17(3,4)5/h7-10,14H,1-6H3,(H,18,21)(H,19,20). The zero-order valence-electron chi connectivity index (χ0n) is 14.5. The van der Waals surface area contributed by atoms with Crippen molar-refractivity contribution in [2.75, 3.05) is 12.4 Å². The lowest BCUT2D eigenvalue weighted by molar-refractivity contribution is -0.139. The first-order valence-corrected chi connectivity index (χ1v) is 7.46. The van der Waals surface area contributed by atoms with Crippen molar-refractivity contribution in [2.24, 2.45) is 5.92 Å². The van der Waals surface area contributed by atoms with Gasteiger partial charge in [-0.1, -0.05) is 19.9 Å². The second-order valence-corrected chi connectivity index (χ2v) is 6.65. The predicted molar refractivity (Wildman–Crippen MR) is 88.1 cm³/mol. The molecule has 0 saturated carbocycles.